The van der Waals surface area contributed by atoms with Crippen LogP contribution in [-0.4, -0.2) is 24.4 Å². The second kappa shape index (κ2) is 8.34. The van der Waals surface area contributed by atoms with Crippen LogP contribution >= 0.6 is 0 Å². The minimum absolute atomic E-state index is 0.0414. The first-order valence-electron chi connectivity index (χ1n) is 8.13. The van der Waals surface area contributed by atoms with Crippen LogP contribution in [0.1, 0.15) is 40.6 Å². The van der Waals surface area contributed by atoms with Crippen LogP contribution in [0.2, 0.25) is 0 Å². The zero-order chi connectivity index (χ0) is 17.5. The number of nitrogens with one attached hydrogen (secondary N) is 2. The lowest BCUT2D eigenvalue weighted by Gasteiger charge is -2.16. The van der Waals surface area contributed by atoms with Gasteiger partial charge < -0.3 is 15.1 Å². The van der Waals surface area contributed by atoms with Gasteiger partial charge in [-0.15, -0.1) is 0 Å². The van der Waals surface area contributed by atoms with E-state index >= 15 is 0 Å². The molecule has 2 aromatic rings. The maximum atomic E-state index is 12.0. The fourth-order valence-corrected chi connectivity index (χ4v) is 2.59. The second-order valence-electron chi connectivity index (χ2n) is 6.09. The van der Waals surface area contributed by atoms with Gasteiger partial charge in [0.1, 0.15) is 0 Å². The van der Waals surface area contributed by atoms with Gasteiger partial charge in [-0.1, -0.05) is 23.8 Å². The van der Waals surface area contributed by atoms with Gasteiger partial charge in [0.25, 0.3) is 5.91 Å². The van der Waals surface area contributed by atoms with E-state index in [1.165, 1.54) is 23.0 Å². The van der Waals surface area contributed by atoms with E-state index in [9.17, 15) is 9.59 Å². The molecule has 1 aromatic heterocycles. The van der Waals surface area contributed by atoms with Crippen molar-refractivity contribution in [1.82, 2.24) is 10.6 Å². The Balaban J connectivity index is 1.72. The highest BCUT2D eigenvalue weighted by molar-refractivity contribution is 5.91. The molecule has 0 aliphatic rings. The third kappa shape index (κ3) is 5.26. The third-order valence-electron chi connectivity index (χ3n) is 3.81. The summed E-state index contributed by atoms with van der Waals surface area (Å²) in [6.45, 7) is 6.42. The Hall–Kier alpha value is -2.56. The van der Waals surface area contributed by atoms with Crippen LogP contribution in [0, 0.1) is 13.8 Å². The molecule has 0 bridgehead atoms. The summed E-state index contributed by atoms with van der Waals surface area (Å²) >= 11 is 0. The molecule has 0 fully saturated rings. The molecule has 0 unspecified atom stereocenters. The Bertz CT molecular complexity index is 693. The molecule has 0 spiro atoms. The predicted molar refractivity (Wildman–Crippen MR) is 92.9 cm³/mol. The fraction of sp³-hybridized carbons (Fsp3) is 0.368. The summed E-state index contributed by atoms with van der Waals surface area (Å²) in [7, 11) is 0. The molecule has 24 heavy (non-hydrogen) atoms. The van der Waals surface area contributed by atoms with Gasteiger partial charge >= 0.3 is 0 Å². The lowest BCUT2D eigenvalue weighted by Crippen LogP contribution is -2.36. The fourth-order valence-electron chi connectivity index (χ4n) is 2.59. The summed E-state index contributed by atoms with van der Waals surface area (Å²) in [5, 5.41) is 5.63. The molecule has 1 atom stereocenters. The molecular formula is C19H24N2O3. The molecule has 5 heteroatoms. The highest BCUT2D eigenvalue weighted by Gasteiger charge is 2.11. The van der Waals surface area contributed by atoms with Crippen LogP contribution < -0.4 is 10.6 Å². The van der Waals surface area contributed by atoms with Crippen molar-refractivity contribution >= 4 is 11.8 Å². The smallest absolute Gasteiger partial charge is 0.286 e. The number of hydrogen-bond acceptors (Lipinski definition) is 3. The first kappa shape index (κ1) is 17.8. The lowest BCUT2D eigenvalue weighted by molar-refractivity contribution is -0.121. The molecule has 0 saturated carbocycles. The Kier molecular flexibility index (Phi) is 6.18. The van der Waals surface area contributed by atoms with E-state index in [2.05, 4.69) is 42.7 Å². The van der Waals surface area contributed by atoms with Gasteiger partial charge in [0.15, 0.2) is 5.76 Å². The van der Waals surface area contributed by atoms with E-state index in [1.54, 1.807) is 12.1 Å². The van der Waals surface area contributed by atoms with Gasteiger partial charge in [0, 0.05) is 19.0 Å². The van der Waals surface area contributed by atoms with E-state index in [1.807, 2.05) is 6.92 Å². The molecule has 2 amide bonds. The largest absolute Gasteiger partial charge is 0.459 e. The average Bonchev–Trinajstić information content (AvgIpc) is 3.04. The Morgan fingerprint density at radius 1 is 1.21 bits per heavy atom. The van der Waals surface area contributed by atoms with Crippen molar-refractivity contribution in [3.63, 3.8) is 0 Å². The molecule has 128 valence electrons. The third-order valence-corrected chi connectivity index (χ3v) is 3.81. The Morgan fingerprint density at radius 3 is 2.67 bits per heavy atom. The van der Waals surface area contributed by atoms with Crippen LogP contribution in [0.15, 0.2) is 41.0 Å². The maximum Gasteiger partial charge on any atom is 0.286 e. The summed E-state index contributed by atoms with van der Waals surface area (Å²) in [5.41, 5.74) is 3.71. The van der Waals surface area contributed by atoms with Crippen LogP contribution in [-0.2, 0) is 11.2 Å². The zero-order valence-corrected chi connectivity index (χ0v) is 14.4. The maximum absolute atomic E-state index is 12.0. The van der Waals surface area contributed by atoms with Crippen molar-refractivity contribution < 1.29 is 14.0 Å². The number of benzene rings is 1. The number of rotatable bonds is 7. The Morgan fingerprint density at radius 2 is 2.00 bits per heavy atom. The number of carbonyl (C=O) groups is 2. The molecule has 0 aliphatic carbocycles. The first-order valence-corrected chi connectivity index (χ1v) is 8.13. The number of carbonyl (C=O) groups excluding carboxylic acids is 2. The quantitative estimate of drug-likeness (QED) is 0.821. The van der Waals surface area contributed by atoms with Crippen molar-refractivity contribution in [3.8, 4) is 0 Å². The van der Waals surface area contributed by atoms with E-state index in [0.29, 0.717) is 0 Å². The molecule has 2 N–H and O–H groups in total. The summed E-state index contributed by atoms with van der Waals surface area (Å²) < 4.78 is 4.99. The molecule has 1 aromatic carbocycles. The van der Waals surface area contributed by atoms with Gasteiger partial charge in [0.2, 0.25) is 5.91 Å². The first-order chi connectivity index (χ1) is 11.5. The predicted octanol–water partition coefficient (Wildman–Crippen LogP) is 2.76. The summed E-state index contributed by atoms with van der Waals surface area (Å²) in [5.74, 6) is -0.137. The molecular weight excluding hydrogens is 304 g/mol. The number of hydrogen-bond donors (Lipinski definition) is 2. The average molecular weight is 328 g/mol. The summed E-state index contributed by atoms with van der Waals surface area (Å²) in [4.78, 5) is 23.6. The summed E-state index contributed by atoms with van der Waals surface area (Å²) in [6, 6.07) is 9.61. The molecule has 0 saturated heterocycles. The lowest BCUT2D eigenvalue weighted by atomic mass is 10.00. The molecule has 0 aliphatic heterocycles. The van der Waals surface area contributed by atoms with Crippen molar-refractivity contribution in [2.24, 2.45) is 0 Å². The molecule has 1 heterocycles. The highest BCUT2D eigenvalue weighted by Crippen LogP contribution is 2.12. The van der Waals surface area contributed by atoms with Crippen LogP contribution in [0.3, 0.4) is 0 Å². The topological polar surface area (TPSA) is 71.3 Å². The normalized spacial score (nSPS) is 11.8. The molecule has 0 radical (unpaired) electrons. The van der Waals surface area contributed by atoms with Crippen molar-refractivity contribution in [1.29, 1.82) is 0 Å². The number of furan rings is 1. The Labute approximate surface area is 142 Å². The zero-order valence-electron chi connectivity index (χ0n) is 14.4. The van der Waals surface area contributed by atoms with Crippen LogP contribution in [0.4, 0.5) is 0 Å². The van der Waals surface area contributed by atoms with E-state index in [-0.39, 0.29) is 36.6 Å². The number of amides is 2. The minimum Gasteiger partial charge on any atom is -0.459 e. The van der Waals surface area contributed by atoms with Gasteiger partial charge in [-0.3, -0.25) is 9.59 Å². The van der Waals surface area contributed by atoms with Gasteiger partial charge in [0.05, 0.1) is 6.26 Å². The highest BCUT2D eigenvalue weighted by atomic mass is 16.3. The summed E-state index contributed by atoms with van der Waals surface area (Å²) in [6.07, 6.45) is 2.47. The van der Waals surface area contributed by atoms with E-state index in [4.69, 9.17) is 4.42 Å². The van der Waals surface area contributed by atoms with Gasteiger partial charge in [-0.25, -0.2) is 0 Å². The van der Waals surface area contributed by atoms with E-state index < -0.39 is 0 Å². The van der Waals surface area contributed by atoms with Crippen molar-refractivity contribution in [3.05, 3.63) is 59.0 Å². The monoisotopic (exact) mass is 328 g/mol. The standard InChI is InChI=1S/C19H24N2O3/c1-13-6-7-16(14(2)11-13)12-15(3)21-18(22)8-9-20-19(23)17-5-4-10-24-17/h4-7,10-11,15H,8-9,12H2,1-3H3,(H,20,23)(H,21,22)/t15-/m0/s1. The van der Waals surface area contributed by atoms with Crippen molar-refractivity contribution in [2.75, 3.05) is 6.54 Å². The SMILES string of the molecule is Cc1ccc(C[C@H](C)NC(=O)CCNC(=O)c2ccco2)c(C)c1. The van der Waals surface area contributed by atoms with Gasteiger partial charge in [-0.2, -0.15) is 0 Å². The minimum atomic E-state index is -0.309. The van der Waals surface area contributed by atoms with Gasteiger partial charge in [-0.05, 0) is 50.5 Å². The molecule has 2 rings (SSSR count). The second-order valence-corrected chi connectivity index (χ2v) is 6.09. The molecule has 5 nitrogen and oxygen atoms in total. The number of aryl methyl sites for hydroxylation is 2. The van der Waals surface area contributed by atoms with Crippen LogP contribution in [0.5, 0.6) is 0 Å². The van der Waals surface area contributed by atoms with Crippen molar-refractivity contribution in [2.45, 2.75) is 39.7 Å². The van der Waals surface area contributed by atoms with Crippen LogP contribution in [0.25, 0.3) is 0 Å². The van der Waals surface area contributed by atoms with E-state index in [0.717, 1.165) is 6.42 Å².